The van der Waals surface area contributed by atoms with Crippen LogP contribution in [-0.4, -0.2) is 33.6 Å². The van der Waals surface area contributed by atoms with Crippen molar-refractivity contribution in [3.05, 3.63) is 83.4 Å². The molecule has 12 heteroatoms. The van der Waals surface area contributed by atoms with Gasteiger partial charge in [-0.05, 0) is 64.9 Å². The molecule has 0 aliphatic carbocycles. The number of halogens is 3. The summed E-state index contributed by atoms with van der Waals surface area (Å²) in [6, 6.07) is 11.0. The molecule has 0 fully saturated rings. The van der Waals surface area contributed by atoms with Gasteiger partial charge in [0.1, 0.15) is 6.33 Å². The van der Waals surface area contributed by atoms with Gasteiger partial charge in [0.15, 0.2) is 0 Å². The number of hydrogen-bond acceptors (Lipinski definition) is 6. The Labute approximate surface area is 210 Å². The Hall–Kier alpha value is -3.35. The van der Waals surface area contributed by atoms with E-state index in [1.54, 1.807) is 24.5 Å². The minimum absolute atomic E-state index is 0.124. The van der Waals surface area contributed by atoms with Crippen LogP contribution < -0.4 is 4.72 Å². The molecule has 2 aromatic carbocycles. The van der Waals surface area contributed by atoms with E-state index in [0.717, 1.165) is 45.9 Å². The molecule has 1 N–H and O–H groups in total. The minimum Gasteiger partial charge on any atom is -0.264 e. The predicted molar refractivity (Wildman–Crippen MR) is 131 cm³/mol. The molecule has 0 unspecified atom stereocenters. The molecule has 7 nitrogen and oxygen atoms in total. The Morgan fingerprint density at radius 2 is 1.89 bits per heavy atom. The fourth-order valence-electron chi connectivity index (χ4n) is 4.33. The number of alkyl halides is 3. The maximum atomic E-state index is 13.6. The number of hydrogen-bond donors (Lipinski definition) is 1. The molecule has 0 bridgehead atoms. The van der Waals surface area contributed by atoms with Crippen LogP contribution in [0, 0.1) is 6.92 Å². The quantitative estimate of drug-likeness (QED) is 0.377. The number of fused-ring (bicyclic) bond motifs is 1. The van der Waals surface area contributed by atoms with Crippen molar-refractivity contribution in [3.63, 3.8) is 0 Å². The molecular weight excluding hydrogens is 511 g/mol. The molecule has 0 atom stereocenters. The maximum absolute atomic E-state index is 13.6. The van der Waals surface area contributed by atoms with Crippen molar-refractivity contribution in [2.45, 2.75) is 26.1 Å². The van der Waals surface area contributed by atoms with Crippen molar-refractivity contribution in [3.8, 4) is 22.3 Å². The van der Waals surface area contributed by atoms with Gasteiger partial charge in [0, 0.05) is 42.6 Å². The lowest BCUT2D eigenvalue weighted by atomic mass is 9.87. The first kappa shape index (κ1) is 24.3. The number of aryl methyl sites for hydroxylation is 1. The third-order valence-electron chi connectivity index (χ3n) is 5.97. The van der Waals surface area contributed by atoms with Crippen molar-refractivity contribution >= 4 is 26.9 Å². The number of rotatable bonds is 5. The van der Waals surface area contributed by atoms with Crippen LogP contribution >= 0.6 is 11.5 Å². The van der Waals surface area contributed by atoms with Crippen LogP contribution in [0.15, 0.2) is 61.2 Å². The van der Waals surface area contributed by atoms with E-state index in [2.05, 4.69) is 19.1 Å². The van der Waals surface area contributed by atoms with Crippen LogP contribution in [-0.2, 0) is 29.4 Å². The molecule has 0 amide bonds. The molecule has 2 aromatic heterocycles. The fourth-order valence-corrected chi connectivity index (χ4v) is 6.13. The van der Waals surface area contributed by atoms with E-state index in [9.17, 15) is 21.6 Å². The van der Waals surface area contributed by atoms with Crippen molar-refractivity contribution in [2.24, 2.45) is 0 Å². The summed E-state index contributed by atoms with van der Waals surface area (Å²) in [6.45, 7) is 2.17. The molecule has 3 heterocycles. The monoisotopic (exact) mass is 531 g/mol. The van der Waals surface area contributed by atoms with E-state index in [0.29, 0.717) is 23.1 Å². The molecule has 0 saturated heterocycles. The first-order chi connectivity index (χ1) is 17.1. The van der Waals surface area contributed by atoms with Crippen molar-refractivity contribution in [2.75, 3.05) is 11.3 Å². The Balaban J connectivity index is 1.56. The normalized spacial score (nSPS) is 14.4. The fraction of sp³-hybridized carbons (Fsp3) is 0.208. The predicted octanol–water partition coefficient (Wildman–Crippen LogP) is 5.31. The van der Waals surface area contributed by atoms with E-state index >= 15 is 0 Å². The van der Waals surface area contributed by atoms with Crippen molar-refractivity contribution in [1.29, 1.82) is 0 Å². The second-order valence-corrected chi connectivity index (χ2v) is 10.8. The van der Waals surface area contributed by atoms with Crippen molar-refractivity contribution in [1.82, 2.24) is 18.6 Å². The van der Waals surface area contributed by atoms with Gasteiger partial charge in [-0.25, -0.2) is 9.71 Å². The largest absolute Gasteiger partial charge is 0.416 e. The van der Waals surface area contributed by atoms with Crippen LogP contribution in [0.3, 0.4) is 0 Å². The van der Waals surface area contributed by atoms with Crippen LogP contribution in [0.25, 0.3) is 22.3 Å². The van der Waals surface area contributed by atoms with E-state index < -0.39 is 21.9 Å². The number of aromatic nitrogens is 3. The Morgan fingerprint density at radius 3 is 2.61 bits per heavy atom. The third-order valence-corrected chi connectivity index (χ3v) is 8.12. The first-order valence-electron chi connectivity index (χ1n) is 10.9. The highest BCUT2D eigenvalue weighted by atomic mass is 32.2. The average molecular weight is 532 g/mol. The second kappa shape index (κ2) is 9.26. The summed E-state index contributed by atoms with van der Waals surface area (Å²) in [6.07, 6.45) is 0.372. The molecule has 1 aliphatic rings. The average Bonchev–Trinajstić information content (AvgIpc) is 3.35. The molecule has 0 spiro atoms. The van der Waals surface area contributed by atoms with Crippen LogP contribution in [0.1, 0.15) is 22.3 Å². The number of benzene rings is 2. The standard InChI is InChI=1S/C24H20F3N5O2S2/c1-15-9-17(12-28-11-15)22-10-18(24(25,26)27)5-6-21(22)20-4-2-3-16-13-32(8-7-19(16)20)36(33,34)31-23-29-14-30-35-23/h2-6,9-12,14H,7-8,13H2,1H3,(H,29,30,31). The lowest BCUT2D eigenvalue weighted by Gasteiger charge is -2.29. The SMILES string of the molecule is Cc1cncc(-c2cc(C(F)(F)F)ccc2-c2cccc3c2CCN(S(=O)(=O)Nc2ncns2)C3)c1. The molecular formula is C24H20F3N5O2S2. The Bertz CT molecular complexity index is 1520. The summed E-state index contributed by atoms with van der Waals surface area (Å²) in [4.78, 5) is 8.04. The van der Waals surface area contributed by atoms with Gasteiger partial charge in [-0.3, -0.25) is 4.98 Å². The zero-order valence-corrected chi connectivity index (χ0v) is 20.6. The summed E-state index contributed by atoms with van der Waals surface area (Å²) in [5.41, 5.74) is 4.18. The van der Waals surface area contributed by atoms with Gasteiger partial charge < -0.3 is 0 Å². The van der Waals surface area contributed by atoms with E-state index in [-0.39, 0.29) is 18.2 Å². The molecule has 0 radical (unpaired) electrons. The third kappa shape index (κ3) is 4.84. The van der Waals surface area contributed by atoms with E-state index in [1.165, 1.54) is 16.7 Å². The summed E-state index contributed by atoms with van der Waals surface area (Å²) in [5, 5.41) is 0.177. The maximum Gasteiger partial charge on any atom is 0.416 e. The number of pyridine rings is 1. The first-order valence-corrected chi connectivity index (χ1v) is 13.1. The molecule has 4 aromatic rings. The zero-order chi connectivity index (χ0) is 25.5. The van der Waals surface area contributed by atoms with Crippen LogP contribution in [0.2, 0.25) is 0 Å². The lowest BCUT2D eigenvalue weighted by molar-refractivity contribution is -0.137. The summed E-state index contributed by atoms with van der Waals surface area (Å²) in [7, 11) is -3.85. The van der Waals surface area contributed by atoms with E-state index in [1.807, 2.05) is 19.1 Å². The van der Waals surface area contributed by atoms with Crippen LogP contribution in [0.4, 0.5) is 18.3 Å². The van der Waals surface area contributed by atoms with Crippen LogP contribution in [0.5, 0.6) is 0 Å². The van der Waals surface area contributed by atoms with Gasteiger partial charge >= 0.3 is 16.4 Å². The highest BCUT2D eigenvalue weighted by Crippen LogP contribution is 2.40. The highest BCUT2D eigenvalue weighted by molar-refractivity contribution is 7.90. The molecule has 5 rings (SSSR count). The van der Waals surface area contributed by atoms with Gasteiger partial charge in [-0.1, -0.05) is 24.3 Å². The summed E-state index contributed by atoms with van der Waals surface area (Å²) < 4.78 is 74.0. The van der Waals surface area contributed by atoms with Gasteiger partial charge in [-0.2, -0.15) is 30.3 Å². The number of nitrogens with zero attached hydrogens (tertiary/aromatic N) is 4. The van der Waals surface area contributed by atoms with E-state index in [4.69, 9.17) is 0 Å². The second-order valence-electron chi connectivity index (χ2n) is 8.39. The topological polar surface area (TPSA) is 88.1 Å². The molecule has 0 saturated carbocycles. The number of anilines is 1. The highest BCUT2D eigenvalue weighted by Gasteiger charge is 2.32. The minimum atomic E-state index is -4.49. The van der Waals surface area contributed by atoms with Gasteiger partial charge in [-0.15, -0.1) is 0 Å². The lowest BCUT2D eigenvalue weighted by Crippen LogP contribution is -2.39. The summed E-state index contributed by atoms with van der Waals surface area (Å²) >= 11 is 0.939. The summed E-state index contributed by atoms with van der Waals surface area (Å²) in [5.74, 6) is 0. The van der Waals surface area contributed by atoms with Gasteiger partial charge in [0.2, 0.25) is 5.13 Å². The van der Waals surface area contributed by atoms with Gasteiger partial charge in [0.25, 0.3) is 0 Å². The van der Waals surface area contributed by atoms with Crippen molar-refractivity contribution < 1.29 is 21.6 Å². The molecule has 36 heavy (non-hydrogen) atoms. The Kier molecular flexibility index (Phi) is 6.27. The smallest absolute Gasteiger partial charge is 0.264 e. The number of nitrogens with one attached hydrogen (secondary N) is 1. The van der Waals surface area contributed by atoms with Gasteiger partial charge in [0.05, 0.1) is 5.56 Å². The molecule has 1 aliphatic heterocycles. The molecule has 186 valence electrons. The Morgan fingerprint density at radius 1 is 1.06 bits per heavy atom. The zero-order valence-electron chi connectivity index (χ0n) is 19.0.